The summed E-state index contributed by atoms with van der Waals surface area (Å²) >= 11 is 0. The van der Waals surface area contributed by atoms with Gasteiger partial charge in [0.15, 0.2) is 0 Å². The molecule has 0 radical (unpaired) electrons. The van der Waals surface area contributed by atoms with Crippen LogP contribution in [-0.2, 0) is 0 Å². The van der Waals surface area contributed by atoms with Crippen LogP contribution >= 0.6 is 0 Å². The van der Waals surface area contributed by atoms with Crippen molar-refractivity contribution in [1.29, 1.82) is 0 Å². The van der Waals surface area contributed by atoms with E-state index in [4.69, 9.17) is 5.73 Å². The third kappa shape index (κ3) is 6.16. The summed E-state index contributed by atoms with van der Waals surface area (Å²) in [6.45, 7) is 16.8. The van der Waals surface area contributed by atoms with Gasteiger partial charge in [-0.15, -0.1) is 0 Å². The molecule has 15 heavy (non-hydrogen) atoms. The fourth-order valence-electron chi connectivity index (χ4n) is 2.64. The van der Waals surface area contributed by atoms with Gasteiger partial charge in [-0.2, -0.15) is 0 Å². The lowest BCUT2D eigenvalue weighted by molar-refractivity contribution is 0.0929. The molecule has 0 unspecified atom stereocenters. The number of nitrogens with two attached hydrogens (primary N) is 1. The number of nitrogens with one attached hydrogen (secondary N) is 1. The quantitative estimate of drug-likeness (QED) is 0.691. The van der Waals surface area contributed by atoms with Crippen molar-refractivity contribution in [3.8, 4) is 0 Å². The second-order valence-corrected chi connectivity index (χ2v) is 6.61. The Morgan fingerprint density at radius 3 is 1.73 bits per heavy atom. The molecule has 0 atom stereocenters. The predicted octanol–water partition coefficient (Wildman–Crippen LogP) is 2.63. The Bertz CT molecular complexity index is 148. The van der Waals surface area contributed by atoms with Gasteiger partial charge in [-0.1, -0.05) is 41.5 Å². The molecule has 2 heteroatoms. The molecule has 0 bridgehead atoms. The first-order valence-electron chi connectivity index (χ1n) is 6.10. The largest absolute Gasteiger partial charge is 0.329 e. The van der Waals surface area contributed by atoms with Crippen LogP contribution in [0.1, 0.15) is 48.0 Å². The van der Waals surface area contributed by atoms with E-state index in [1.807, 2.05) is 0 Å². The summed E-state index contributed by atoms with van der Waals surface area (Å²) in [6.07, 6.45) is 1.23. The molecule has 92 valence electrons. The highest BCUT2D eigenvalue weighted by Gasteiger charge is 2.33. The van der Waals surface area contributed by atoms with E-state index in [-0.39, 0.29) is 0 Å². The highest BCUT2D eigenvalue weighted by Crippen LogP contribution is 2.41. The fraction of sp³-hybridized carbons (Fsp3) is 1.00. The van der Waals surface area contributed by atoms with Crippen LogP contribution in [-0.4, -0.2) is 19.6 Å². The van der Waals surface area contributed by atoms with Crippen LogP contribution < -0.4 is 11.1 Å². The molecule has 0 aliphatic heterocycles. The molecule has 0 fully saturated rings. The number of hydrogen-bond donors (Lipinski definition) is 2. The molecule has 0 aliphatic carbocycles. The molecular weight excluding hydrogens is 184 g/mol. The van der Waals surface area contributed by atoms with Gasteiger partial charge < -0.3 is 11.1 Å². The zero-order valence-electron chi connectivity index (χ0n) is 11.5. The minimum Gasteiger partial charge on any atom is -0.329 e. The van der Waals surface area contributed by atoms with Crippen LogP contribution in [0.2, 0.25) is 0 Å². The van der Waals surface area contributed by atoms with Gasteiger partial charge in [-0.05, 0) is 29.7 Å². The van der Waals surface area contributed by atoms with Crippen molar-refractivity contribution < 1.29 is 0 Å². The lowest BCUT2D eigenvalue weighted by atomic mass is 9.65. The maximum Gasteiger partial charge on any atom is 0.00745 e. The molecule has 0 aliphatic rings. The van der Waals surface area contributed by atoms with Crippen molar-refractivity contribution in [1.82, 2.24) is 5.32 Å². The smallest absolute Gasteiger partial charge is 0.00745 e. The summed E-state index contributed by atoms with van der Waals surface area (Å²) in [4.78, 5) is 0. The molecule has 0 saturated heterocycles. The molecular formula is C13H30N2. The topological polar surface area (TPSA) is 38.0 Å². The van der Waals surface area contributed by atoms with Crippen molar-refractivity contribution in [2.75, 3.05) is 19.6 Å². The second-order valence-electron chi connectivity index (χ2n) is 6.61. The average molecular weight is 214 g/mol. The van der Waals surface area contributed by atoms with Crippen molar-refractivity contribution in [2.24, 2.45) is 22.5 Å². The molecule has 0 spiro atoms. The van der Waals surface area contributed by atoms with E-state index < -0.39 is 0 Å². The summed E-state index contributed by atoms with van der Waals surface area (Å²) in [6, 6.07) is 0. The zero-order chi connectivity index (χ0) is 12.1. The van der Waals surface area contributed by atoms with E-state index in [0.717, 1.165) is 25.6 Å². The first-order chi connectivity index (χ1) is 6.69. The van der Waals surface area contributed by atoms with E-state index >= 15 is 0 Å². The average Bonchev–Trinajstić information content (AvgIpc) is 1.99. The Balaban J connectivity index is 4.17. The highest BCUT2D eigenvalue weighted by atomic mass is 14.9. The van der Waals surface area contributed by atoms with Gasteiger partial charge in [0.2, 0.25) is 0 Å². The summed E-state index contributed by atoms with van der Waals surface area (Å²) in [5.41, 5.74) is 6.21. The van der Waals surface area contributed by atoms with Gasteiger partial charge in [0.25, 0.3) is 0 Å². The van der Waals surface area contributed by atoms with E-state index in [9.17, 15) is 0 Å². The summed E-state index contributed by atoms with van der Waals surface area (Å²) in [7, 11) is 0. The van der Waals surface area contributed by atoms with Crippen molar-refractivity contribution in [3.05, 3.63) is 0 Å². The SMILES string of the molecule is CC(C)(C)C(CCNCCN)C(C)(C)C. The molecule has 3 N–H and O–H groups in total. The van der Waals surface area contributed by atoms with E-state index in [2.05, 4.69) is 46.9 Å². The maximum absolute atomic E-state index is 5.45. The van der Waals surface area contributed by atoms with Crippen LogP contribution in [0.5, 0.6) is 0 Å². The lowest BCUT2D eigenvalue weighted by Gasteiger charge is -2.41. The van der Waals surface area contributed by atoms with Gasteiger partial charge >= 0.3 is 0 Å². The van der Waals surface area contributed by atoms with Crippen molar-refractivity contribution in [2.45, 2.75) is 48.0 Å². The standard InChI is InChI=1S/C13H30N2/c1-12(2,3)11(13(4,5)6)7-9-15-10-8-14/h11,15H,7-10,14H2,1-6H3. The van der Waals surface area contributed by atoms with Crippen LogP contribution in [0.3, 0.4) is 0 Å². The molecule has 2 nitrogen and oxygen atoms in total. The van der Waals surface area contributed by atoms with E-state index in [1.165, 1.54) is 6.42 Å². The molecule has 0 rings (SSSR count). The van der Waals surface area contributed by atoms with Crippen molar-refractivity contribution >= 4 is 0 Å². The molecule has 0 amide bonds. The minimum absolute atomic E-state index is 0.378. The number of hydrogen-bond acceptors (Lipinski definition) is 2. The molecule has 0 aromatic rings. The third-order valence-corrected chi connectivity index (χ3v) is 3.02. The summed E-state index contributed by atoms with van der Waals surface area (Å²) < 4.78 is 0. The Kier molecular flexibility index (Phi) is 5.82. The Hall–Kier alpha value is -0.0800. The monoisotopic (exact) mass is 214 g/mol. The van der Waals surface area contributed by atoms with Gasteiger partial charge in [0.1, 0.15) is 0 Å². The lowest BCUT2D eigenvalue weighted by Crippen LogP contribution is -2.35. The van der Waals surface area contributed by atoms with Gasteiger partial charge in [-0.25, -0.2) is 0 Å². The zero-order valence-corrected chi connectivity index (χ0v) is 11.5. The summed E-state index contributed by atoms with van der Waals surface area (Å²) in [5, 5.41) is 3.38. The van der Waals surface area contributed by atoms with E-state index in [1.54, 1.807) is 0 Å². The highest BCUT2D eigenvalue weighted by molar-refractivity contribution is 4.84. The second kappa shape index (κ2) is 5.86. The Morgan fingerprint density at radius 2 is 1.40 bits per heavy atom. The van der Waals surface area contributed by atoms with Crippen LogP contribution in [0.4, 0.5) is 0 Å². The van der Waals surface area contributed by atoms with Gasteiger partial charge in [0.05, 0.1) is 0 Å². The fourth-order valence-corrected chi connectivity index (χ4v) is 2.64. The molecule has 0 saturated carbocycles. The predicted molar refractivity (Wildman–Crippen MR) is 68.9 cm³/mol. The van der Waals surface area contributed by atoms with E-state index in [0.29, 0.717) is 10.8 Å². The normalized spacial score (nSPS) is 13.6. The molecule has 0 heterocycles. The maximum atomic E-state index is 5.45. The minimum atomic E-state index is 0.378. The van der Waals surface area contributed by atoms with Gasteiger partial charge in [0, 0.05) is 13.1 Å². The molecule has 0 aromatic heterocycles. The first kappa shape index (κ1) is 14.9. The van der Waals surface area contributed by atoms with Crippen molar-refractivity contribution in [3.63, 3.8) is 0 Å². The first-order valence-corrected chi connectivity index (χ1v) is 6.10. The molecule has 0 aromatic carbocycles. The van der Waals surface area contributed by atoms with Crippen LogP contribution in [0.15, 0.2) is 0 Å². The Morgan fingerprint density at radius 1 is 0.933 bits per heavy atom. The van der Waals surface area contributed by atoms with Crippen LogP contribution in [0, 0.1) is 16.7 Å². The van der Waals surface area contributed by atoms with Gasteiger partial charge in [-0.3, -0.25) is 0 Å². The third-order valence-electron chi connectivity index (χ3n) is 3.02. The number of rotatable bonds is 5. The summed E-state index contributed by atoms with van der Waals surface area (Å²) in [5.74, 6) is 0.732. The Labute approximate surface area is 96.0 Å². The van der Waals surface area contributed by atoms with Crippen LogP contribution in [0.25, 0.3) is 0 Å².